The lowest BCUT2D eigenvalue weighted by Crippen LogP contribution is -2.35. The van der Waals surface area contributed by atoms with Gasteiger partial charge in [-0.2, -0.15) is 8.42 Å². The van der Waals surface area contributed by atoms with E-state index in [9.17, 15) is 13.2 Å². The lowest BCUT2D eigenvalue weighted by atomic mass is 10.1. The number of rotatable bonds is 6. The molecule has 22 heavy (non-hydrogen) atoms. The predicted molar refractivity (Wildman–Crippen MR) is 87.2 cm³/mol. The molecule has 122 valence electrons. The third kappa shape index (κ3) is 3.95. The minimum Gasteiger partial charge on any atom is -0.298 e. The smallest absolute Gasteiger partial charge is 0.297 e. The maximum absolute atomic E-state index is 12.3. The first-order valence-corrected chi connectivity index (χ1v) is 9.53. The van der Waals surface area contributed by atoms with Gasteiger partial charge in [0.05, 0.1) is 17.0 Å². The van der Waals surface area contributed by atoms with E-state index in [1.807, 2.05) is 18.7 Å². The number of ketones is 1. The molecule has 1 saturated heterocycles. The monoisotopic (exact) mass is 389 g/mol. The van der Waals surface area contributed by atoms with Gasteiger partial charge in [-0.15, -0.1) is 0 Å². The Bertz CT molecular complexity index is 629. The molecule has 1 aliphatic heterocycles. The van der Waals surface area contributed by atoms with E-state index in [4.69, 9.17) is 4.18 Å². The fourth-order valence-electron chi connectivity index (χ4n) is 2.69. The first-order valence-electron chi connectivity index (χ1n) is 7.33. The second kappa shape index (κ2) is 7.21. The zero-order chi connectivity index (χ0) is 16.3. The molecule has 0 amide bonds. The second-order valence-corrected chi connectivity index (χ2v) is 7.77. The number of hydrogen-bond acceptors (Lipinski definition) is 5. The lowest BCUT2D eigenvalue weighted by molar-refractivity contribution is -0.123. The molecule has 2 atom stereocenters. The van der Waals surface area contributed by atoms with Crippen LogP contribution in [0.4, 0.5) is 0 Å². The maximum Gasteiger partial charge on any atom is 0.297 e. The van der Waals surface area contributed by atoms with Crippen molar-refractivity contribution in [1.82, 2.24) is 4.90 Å². The quantitative estimate of drug-likeness (QED) is 0.699. The average molecular weight is 390 g/mol. The molecule has 1 heterocycles. The number of Topliss-reactive ketones (excluding diaryl/α,β-unsaturated/α-hetero) is 1. The van der Waals surface area contributed by atoms with Crippen LogP contribution in [0.5, 0.6) is 0 Å². The van der Waals surface area contributed by atoms with Gasteiger partial charge in [-0.3, -0.25) is 13.9 Å². The van der Waals surface area contributed by atoms with E-state index in [1.54, 1.807) is 12.1 Å². The predicted octanol–water partition coefficient (Wildman–Crippen LogP) is 2.60. The minimum absolute atomic E-state index is 0.129. The number of likely N-dealkylation sites (tertiary alicyclic amines) is 1. The van der Waals surface area contributed by atoms with Crippen molar-refractivity contribution in [3.8, 4) is 0 Å². The Kier molecular flexibility index (Phi) is 5.76. The highest BCUT2D eigenvalue weighted by molar-refractivity contribution is 9.10. The van der Waals surface area contributed by atoms with Crippen molar-refractivity contribution < 1.29 is 17.4 Å². The van der Waals surface area contributed by atoms with Crippen LogP contribution in [0.15, 0.2) is 33.6 Å². The molecule has 0 radical (unpaired) electrons. The Balaban J connectivity index is 2.10. The molecule has 1 aliphatic rings. The summed E-state index contributed by atoms with van der Waals surface area (Å²) < 4.78 is 30.7. The Labute approximate surface area is 139 Å². The highest BCUT2D eigenvalue weighted by Crippen LogP contribution is 2.26. The Morgan fingerprint density at radius 3 is 2.50 bits per heavy atom. The molecular formula is C15H20BrNO4S. The Morgan fingerprint density at radius 2 is 1.95 bits per heavy atom. The maximum atomic E-state index is 12.3. The fourth-order valence-corrected chi connectivity index (χ4v) is 4.03. The first kappa shape index (κ1) is 17.6. The number of likely N-dealkylation sites (N-methyl/N-ethyl adjacent to an activating group) is 1. The SMILES string of the molecule is CCC(=O)[C@@H]1C[C@H](OS(=O)(=O)c2ccc(Br)cc2)CN1CC. The van der Waals surface area contributed by atoms with Gasteiger partial charge in [0.15, 0.2) is 0 Å². The highest BCUT2D eigenvalue weighted by atomic mass is 79.9. The molecule has 1 aromatic carbocycles. The van der Waals surface area contributed by atoms with Crippen LogP contribution in [0.2, 0.25) is 0 Å². The van der Waals surface area contributed by atoms with E-state index >= 15 is 0 Å². The molecule has 0 saturated carbocycles. The van der Waals surface area contributed by atoms with E-state index in [-0.39, 0.29) is 16.7 Å². The van der Waals surface area contributed by atoms with E-state index in [1.165, 1.54) is 12.1 Å². The third-order valence-corrected chi connectivity index (χ3v) is 5.76. The van der Waals surface area contributed by atoms with Gasteiger partial charge in [0.25, 0.3) is 10.1 Å². The van der Waals surface area contributed by atoms with Gasteiger partial charge < -0.3 is 0 Å². The molecule has 0 N–H and O–H groups in total. The molecule has 0 aliphatic carbocycles. The summed E-state index contributed by atoms with van der Waals surface area (Å²) in [5, 5.41) is 0. The normalized spacial score (nSPS) is 22.9. The molecular weight excluding hydrogens is 370 g/mol. The van der Waals surface area contributed by atoms with Gasteiger partial charge in [0.2, 0.25) is 0 Å². The molecule has 0 spiro atoms. The summed E-state index contributed by atoms with van der Waals surface area (Å²) in [6.07, 6.45) is 0.401. The largest absolute Gasteiger partial charge is 0.298 e. The Morgan fingerprint density at radius 1 is 1.32 bits per heavy atom. The summed E-state index contributed by atoms with van der Waals surface area (Å²) in [6, 6.07) is 6.08. The molecule has 2 rings (SSSR count). The van der Waals surface area contributed by atoms with Gasteiger partial charge >= 0.3 is 0 Å². The summed E-state index contributed by atoms with van der Waals surface area (Å²) in [4.78, 5) is 14.1. The summed E-state index contributed by atoms with van der Waals surface area (Å²) in [5.41, 5.74) is 0. The average Bonchev–Trinajstić information content (AvgIpc) is 2.89. The molecule has 1 aromatic rings. The zero-order valence-corrected chi connectivity index (χ0v) is 15.1. The van der Waals surface area contributed by atoms with Crippen LogP contribution in [0.25, 0.3) is 0 Å². The lowest BCUT2D eigenvalue weighted by Gasteiger charge is -2.20. The molecule has 0 unspecified atom stereocenters. The van der Waals surface area contributed by atoms with Crippen LogP contribution in [-0.4, -0.2) is 44.3 Å². The van der Waals surface area contributed by atoms with Gasteiger partial charge in [-0.05, 0) is 37.2 Å². The van der Waals surface area contributed by atoms with Crippen molar-refractivity contribution in [2.75, 3.05) is 13.1 Å². The number of benzene rings is 1. The number of carbonyl (C=O) groups excluding carboxylic acids is 1. The molecule has 7 heteroatoms. The van der Waals surface area contributed by atoms with Crippen LogP contribution >= 0.6 is 15.9 Å². The van der Waals surface area contributed by atoms with Gasteiger partial charge in [0, 0.05) is 17.4 Å². The summed E-state index contributed by atoms with van der Waals surface area (Å²) in [6.45, 7) is 4.95. The third-order valence-electron chi connectivity index (χ3n) is 3.86. The van der Waals surface area contributed by atoms with Gasteiger partial charge in [-0.25, -0.2) is 0 Å². The van der Waals surface area contributed by atoms with Crippen molar-refractivity contribution in [3.05, 3.63) is 28.7 Å². The van der Waals surface area contributed by atoms with Crippen molar-refractivity contribution in [3.63, 3.8) is 0 Å². The number of nitrogens with zero attached hydrogens (tertiary/aromatic N) is 1. The van der Waals surface area contributed by atoms with Gasteiger partial charge in [-0.1, -0.05) is 29.8 Å². The van der Waals surface area contributed by atoms with Crippen LogP contribution in [0, 0.1) is 0 Å². The summed E-state index contributed by atoms with van der Waals surface area (Å²) in [5.74, 6) is 0.133. The van der Waals surface area contributed by atoms with Crippen LogP contribution in [0.3, 0.4) is 0 Å². The van der Waals surface area contributed by atoms with E-state index in [0.717, 1.165) is 4.47 Å². The van der Waals surface area contributed by atoms with E-state index in [2.05, 4.69) is 15.9 Å². The fraction of sp³-hybridized carbons (Fsp3) is 0.533. The van der Waals surface area contributed by atoms with E-state index in [0.29, 0.717) is 25.9 Å². The Hall–Kier alpha value is -0.760. The molecule has 5 nitrogen and oxygen atoms in total. The van der Waals surface area contributed by atoms with Crippen LogP contribution in [0.1, 0.15) is 26.7 Å². The summed E-state index contributed by atoms with van der Waals surface area (Å²) in [7, 11) is -3.81. The standard InChI is InChI=1S/C15H20BrNO4S/c1-3-15(18)14-9-12(10-17(14)4-2)21-22(19,20)13-7-5-11(16)6-8-13/h5-8,12,14H,3-4,9-10H2,1-2H3/t12-,14-/m0/s1. The van der Waals surface area contributed by atoms with Crippen molar-refractivity contribution in [1.29, 1.82) is 0 Å². The first-order chi connectivity index (χ1) is 10.4. The topological polar surface area (TPSA) is 63.7 Å². The molecule has 0 aromatic heterocycles. The van der Waals surface area contributed by atoms with Crippen molar-refractivity contribution in [2.45, 2.75) is 43.7 Å². The van der Waals surface area contributed by atoms with Crippen molar-refractivity contribution >= 4 is 31.8 Å². The zero-order valence-electron chi connectivity index (χ0n) is 12.7. The minimum atomic E-state index is -3.81. The van der Waals surface area contributed by atoms with Gasteiger partial charge in [0.1, 0.15) is 5.78 Å². The number of halogens is 1. The van der Waals surface area contributed by atoms with Crippen molar-refractivity contribution in [2.24, 2.45) is 0 Å². The summed E-state index contributed by atoms with van der Waals surface area (Å²) >= 11 is 3.27. The molecule has 1 fully saturated rings. The molecule has 0 bridgehead atoms. The van der Waals surface area contributed by atoms with Crippen LogP contribution < -0.4 is 0 Å². The second-order valence-electron chi connectivity index (χ2n) is 5.29. The van der Waals surface area contributed by atoms with Crippen LogP contribution in [-0.2, 0) is 19.1 Å². The number of carbonyl (C=O) groups is 1. The number of hydrogen-bond donors (Lipinski definition) is 0. The van der Waals surface area contributed by atoms with E-state index < -0.39 is 16.2 Å². The highest BCUT2D eigenvalue weighted by Gasteiger charge is 2.37.